The van der Waals surface area contributed by atoms with Gasteiger partial charge in [0.2, 0.25) is 0 Å². The van der Waals surface area contributed by atoms with Gasteiger partial charge in [-0.1, -0.05) is 56.2 Å². The molecule has 0 saturated heterocycles. The molecule has 0 saturated carbocycles. The summed E-state index contributed by atoms with van der Waals surface area (Å²) in [6.07, 6.45) is 3.17. The quantitative estimate of drug-likeness (QED) is 0.419. The number of esters is 1. The van der Waals surface area contributed by atoms with E-state index in [0.717, 1.165) is 19.3 Å². The standard InChI is InChI=1S/C25H30N2O5/c1-4-6-10-15-32-19-14-13-18(16-20(19)31-5-2)23-21(24(28)30-3)22(26-25(29)27-23)17-11-8-7-9-12-17/h7-9,11-14,16,23H,4-6,10,15H2,1-3H3,(H2,26,27,29). The lowest BCUT2D eigenvalue weighted by atomic mass is 9.92. The van der Waals surface area contributed by atoms with Crippen LogP contribution in [0.5, 0.6) is 11.5 Å². The Labute approximate surface area is 188 Å². The monoisotopic (exact) mass is 438 g/mol. The molecule has 1 aliphatic rings. The van der Waals surface area contributed by atoms with Crippen molar-refractivity contribution in [3.63, 3.8) is 0 Å². The fourth-order valence-electron chi connectivity index (χ4n) is 3.60. The molecule has 1 atom stereocenters. The van der Waals surface area contributed by atoms with Crippen LogP contribution in [0.25, 0.3) is 5.70 Å². The highest BCUT2D eigenvalue weighted by molar-refractivity contribution is 6.04. The van der Waals surface area contributed by atoms with E-state index in [2.05, 4.69) is 17.6 Å². The second-order valence-electron chi connectivity index (χ2n) is 7.37. The van der Waals surface area contributed by atoms with E-state index >= 15 is 0 Å². The van der Waals surface area contributed by atoms with E-state index < -0.39 is 18.0 Å². The molecular weight excluding hydrogens is 408 g/mol. The Bertz CT molecular complexity index is 972. The van der Waals surface area contributed by atoms with Crippen LogP contribution in [0.3, 0.4) is 0 Å². The number of amides is 2. The van der Waals surface area contributed by atoms with Gasteiger partial charge in [-0.15, -0.1) is 0 Å². The molecule has 7 nitrogen and oxygen atoms in total. The Morgan fingerprint density at radius 2 is 1.78 bits per heavy atom. The van der Waals surface area contributed by atoms with Crippen LogP contribution in [-0.4, -0.2) is 32.3 Å². The van der Waals surface area contributed by atoms with Crippen LogP contribution in [0.15, 0.2) is 54.1 Å². The summed E-state index contributed by atoms with van der Waals surface area (Å²) in [6.45, 7) is 5.10. The molecular formula is C25H30N2O5. The first-order valence-electron chi connectivity index (χ1n) is 10.9. The molecule has 2 aromatic rings. The van der Waals surface area contributed by atoms with Crippen molar-refractivity contribution in [1.29, 1.82) is 0 Å². The van der Waals surface area contributed by atoms with Gasteiger partial charge in [-0.25, -0.2) is 9.59 Å². The van der Waals surface area contributed by atoms with E-state index in [-0.39, 0.29) is 0 Å². The molecule has 170 valence electrons. The predicted molar refractivity (Wildman–Crippen MR) is 122 cm³/mol. The van der Waals surface area contributed by atoms with Gasteiger partial charge in [0.1, 0.15) is 0 Å². The number of benzene rings is 2. The summed E-state index contributed by atoms with van der Waals surface area (Å²) in [4.78, 5) is 25.3. The first-order valence-corrected chi connectivity index (χ1v) is 10.9. The number of nitrogens with one attached hydrogen (secondary N) is 2. The maximum atomic E-state index is 12.8. The number of carbonyl (C=O) groups excluding carboxylic acids is 2. The summed E-state index contributed by atoms with van der Waals surface area (Å²) < 4.78 is 16.8. The van der Waals surface area contributed by atoms with Gasteiger partial charge in [0.05, 0.1) is 37.6 Å². The maximum absolute atomic E-state index is 12.8. The first kappa shape index (κ1) is 23.2. The Hall–Kier alpha value is -3.48. The lowest BCUT2D eigenvalue weighted by Gasteiger charge is -2.29. The minimum absolute atomic E-state index is 0.317. The Morgan fingerprint density at radius 1 is 1.00 bits per heavy atom. The minimum atomic E-state index is -0.709. The average Bonchev–Trinajstić information content (AvgIpc) is 2.82. The molecule has 3 rings (SSSR count). The molecule has 2 N–H and O–H groups in total. The normalized spacial score (nSPS) is 15.6. The van der Waals surface area contributed by atoms with Crippen LogP contribution in [0, 0.1) is 0 Å². The summed E-state index contributed by atoms with van der Waals surface area (Å²) in [5.41, 5.74) is 2.15. The molecule has 0 radical (unpaired) electrons. The number of hydrogen-bond acceptors (Lipinski definition) is 5. The van der Waals surface area contributed by atoms with Crippen LogP contribution >= 0.6 is 0 Å². The molecule has 0 bridgehead atoms. The fraction of sp³-hybridized carbons (Fsp3) is 0.360. The highest BCUT2D eigenvalue weighted by atomic mass is 16.5. The molecule has 1 heterocycles. The van der Waals surface area contributed by atoms with Gasteiger partial charge in [0.25, 0.3) is 0 Å². The molecule has 7 heteroatoms. The van der Waals surface area contributed by atoms with Crippen molar-refractivity contribution < 1.29 is 23.8 Å². The van der Waals surface area contributed by atoms with Crippen molar-refractivity contribution in [3.05, 3.63) is 65.2 Å². The summed E-state index contributed by atoms with van der Waals surface area (Å²) in [5.74, 6) is 0.679. The molecule has 0 fully saturated rings. The van der Waals surface area contributed by atoms with Gasteiger partial charge < -0.3 is 24.8 Å². The number of rotatable bonds is 10. The van der Waals surface area contributed by atoms with E-state index in [1.54, 1.807) is 6.07 Å². The highest BCUT2D eigenvalue weighted by Crippen LogP contribution is 2.36. The van der Waals surface area contributed by atoms with Crippen molar-refractivity contribution in [3.8, 4) is 11.5 Å². The molecule has 1 unspecified atom stereocenters. The molecule has 0 aliphatic carbocycles. The number of hydrogen-bond donors (Lipinski definition) is 2. The molecule has 0 spiro atoms. The average molecular weight is 439 g/mol. The third kappa shape index (κ3) is 5.41. The number of urea groups is 1. The zero-order valence-electron chi connectivity index (χ0n) is 18.8. The number of unbranched alkanes of at least 4 members (excludes halogenated alkanes) is 2. The lowest BCUT2D eigenvalue weighted by Crippen LogP contribution is -2.45. The third-order valence-electron chi connectivity index (χ3n) is 5.15. The minimum Gasteiger partial charge on any atom is -0.490 e. The largest absolute Gasteiger partial charge is 0.490 e. The smallest absolute Gasteiger partial charge is 0.338 e. The van der Waals surface area contributed by atoms with Crippen LogP contribution < -0.4 is 20.1 Å². The van der Waals surface area contributed by atoms with Crippen molar-refractivity contribution in [1.82, 2.24) is 10.6 Å². The zero-order valence-corrected chi connectivity index (χ0v) is 18.8. The van der Waals surface area contributed by atoms with Crippen LogP contribution in [0.4, 0.5) is 4.79 Å². The third-order valence-corrected chi connectivity index (χ3v) is 5.15. The summed E-state index contributed by atoms with van der Waals surface area (Å²) in [6, 6.07) is 13.6. The molecule has 1 aliphatic heterocycles. The second-order valence-corrected chi connectivity index (χ2v) is 7.37. The van der Waals surface area contributed by atoms with Gasteiger partial charge in [-0.3, -0.25) is 0 Å². The molecule has 32 heavy (non-hydrogen) atoms. The topological polar surface area (TPSA) is 85.9 Å². The zero-order chi connectivity index (χ0) is 22.9. The first-order chi connectivity index (χ1) is 15.6. The van der Waals surface area contributed by atoms with Crippen LogP contribution in [0.2, 0.25) is 0 Å². The number of carbonyl (C=O) groups is 2. The predicted octanol–water partition coefficient (Wildman–Crippen LogP) is 4.59. The van der Waals surface area contributed by atoms with Crippen molar-refractivity contribution in [2.24, 2.45) is 0 Å². The van der Waals surface area contributed by atoms with Crippen molar-refractivity contribution >= 4 is 17.7 Å². The summed E-state index contributed by atoms with van der Waals surface area (Å²) in [7, 11) is 1.32. The van der Waals surface area contributed by atoms with Gasteiger partial charge in [0, 0.05) is 0 Å². The van der Waals surface area contributed by atoms with E-state index in [1.165, 1.54) is 7.11 Å². The van der Waals surface area contributed by atoms with Gasteiger partial charge in [-0.05, 0) is 36.6 Å². The second kappa shape index (κ2) is 11.2. The Kier molecular flexibility index (Phi) is 8.14. The summed E-state index contributed by atoms with van der Waals surface area (Å²) in [5, 5.41) is 5.60. The molecule has 0 aromatic heterocycles. The van der Waals surface area contributed by atoms with Crippen molar-refractivity contribution in [2.45, 2.75) is 39.2 Å². The SMILES string of the molecule is CCCCCOc1ccc(C2NC(=O)NC(c3ccccc3)=C2C(=O)OC)cc1OCC. The lowest BCUT2D eigenvalue weighted by molar-refractivity contribution is -0.136. The molecule has 2 aromatic carbocycles. The fourth-order valence-corrected chi connectivity index (χ4v) is 3.60. The number of methoxy groups -OCH3 is 1. The molecule has 2 amide bonds. The van der Waals surface area contributed by atoms with Gasteiger partial charge in [0.15, 0.2) is 11.5 Å². The van der Waals surface area contributed by atoms with Gasteiger partial charge >= 0.3 is 12.0 Å². The van der Waals surface area contributed by atoms with E-state index in [4.69, 9.17) is 14.2 Å². The maximum Gasteiger partial charge on any atom is 0.338 e. The van der Waals surface area contributed by atoms with Crippen LogP contribution in [0.1, 0.15) is 50.3 Å². The number of ether oxygens (including phenoxy) is 3. The van der Waals surface area contributed by atoms with Crippen LogP contribution in [-0.2, 0) is 9.53 Å². The Balaban J connectivity index is 2.02. The summed E-state index contributed by atoms with van der Waals surface area (Å²) >= 11 is 0. The van der Waals surface area contributed by atoms with E-state index in [9.17, 15) is 9.59 Å². The van der Waals surface area contributed by atoms with E-state index in [0.29, 0.717) is 47.1 Å². The van der Waals surface area contributed by atoms with Crippen molar-refractivity contribution in [2.75, 3.05) is 20.3 Å². The van der Waals surface area contributed by atoms with E-state index in [1.807, 2.05) is 49.4 Å². The Morgan fingerprint density at radius 3 is 2.47 bits per heavy atom. The van der Waals surface area contributed by atoms with Gasteiger partial charge in [-0.2, -0.15) is 0 Å². The highest BCUT2D eigenvalue weighted by Gasteiger charge is 2.34.